The Kier molecular flexibility index (Phi) is 6.95. The highest BCUT2D eigenvalue weighted by molar-refractivity contribution is 6.30. The van der Waals surface area contributed by atoms with Crippen molar-refractivity contribution in [2.45, 2.75) is 52.0 Å². The Balaban J connectivity index is 1.13. The van der Waals surface area contributed by atoms with Crippen molar-refractivity contribution >= 4 is 29.1 Å². The van der Waals surface area contributed by atoms with E-state index in [1.807, 2.05) is 38.1 Å². The van der Waals surface area contributed by atoms with Gasteiger partial charge in [-0.3, -0.25) is 9.89 Å². The summed E-state index contributed by atoms with van der Waals surface area (Å²) in [7, 11) is 0. The van der Waals surface area contributed by atoms with Gasteiger partial charge in [0.1, 0.15) is 11.6 Å². The number of H-pyrrole nitrogens is 1. The van der Waals surface area contributed by atoms with Crippen molar-refractivity contribution in [3.8, 4) is 5.82 Å². The van der Waals surface area contributed by atoms with E-state index in [2.05, 4.69) is 35.9 Å². The summed E-state index contributed by atoms with van der Waals surface area (Å²) in [5, 5.41) is 18.1. The molecule has 0 saturated heterocycles. The third-order valence-corrected chi connectivity index (χ3v) is 6.55. The molecule has 1 saturated carbocycles. The normalized spacial score (nSPS) is 17.6. The number of aromatic nitrogens is 7. The maximum Gasteiger partial charge on any atom is 0.223 e. The zero-order chi connectivity index (χ0) is 25.1. The first-order valence-corrected chi connectivity index (χ1v) is 12.4. The van der Waals surface area contributed by atoms with Gasteiger partial charge in [0.2, 0.25) is 5.91 Å². The van der Waals surface area contributed by atoms with Gasteiger partial charge in [-0.2, -0.15) is 10.2 Å². The molecule has 0 aliphatic heterocycles. The van der Waals surface area contributed by atoms with E-state index in [4.69, 9.17) is 16.6 Å². The number of halogens is 1. The highest BCUT2D eigenvalue weighted by Crippen LogP contribution is 2.35. The summed E-state index contributed by atoms with van der Waals surface area (Å²) >= 11 is 5.92. The molecule has 186 valence electrons. The van der Waals surface area contributed by atoms with E-state index >= 15 is 0 Å². The SMILES string of the molecule is Cc1cc(Nc2cc(C)[nH]n2)nc([C@H]2CC[C@H](C(=O)NCc3ccc(-n4cc(Cl)cn4)nc3)CC2)n1. The Hall–Kier alpha value is -3.79. The molecule has 0 spiro atoms. The van der Waals surface area contributed by atoms with Crippen molar-refractivity contribution < 1.29 is 4.79 Å². The van der Waals surface area contributed by atoms with Crippen LogP contribution in [0.3, 0.4) is 0 Å². The van der Waals surface area contributed by atoms with Crippen molar-refractivity contribution in [2.24, 2.45) is 5.92 Å². The van der Waals surface area contributed by atoms with Gasteiger partial charge in [0.15, 0.2) is 11.6 Å². The van der Waals surface area contributed by atoms with E-state index in [0.717, 1.165) is 60.1 Å². The van der Waals surface area contributed by atoms with Crippen molar-refractivity contribution in [3.63, 3.8) is 0 Å². The minimum atomic E-state index is -0.00543. The largest absolute Gasteiger partial charge is 0.352 e. The van der Waals surface area contributed by atoms with Crippen molar-refractivity contribution in [1.29, 1.82) is 0 Å². The van der Waals surface area contributed by atoms with Gasteiger partial charge in [-0.25, -0.2) is 19.6 Å². The van der Waals surface area contributed by atoms with Crippen LogP contribution in [0.15, 0.2) is 42.9 Å². The topological polar surface area (TPSA) is 126 Å². The number of hydrogen-bond acceptors (Lipinski definition) is 7. The predicted octanol–water partition coefficient (Wildman–Crippen LogP) is 4.38. The van der Waals surface area contributed by atoms with E-state index in [1.54, 1.807) is 23.3 Å². The highest BCUT2D eigenvalue weighted by Gasteiger charge is 2.28. The summed E-state index contributed by atoms with van der Waals surface area (Å²) in [6.07, 6.45) is 8.39. The molecule has 4 aromatic heterocycles. The summed E-state index contributed by atoms with van der Waals surface area (Å²) < 4.78 is 1.61. The maximum absolute atomic E-state index is 12.8. The van der Waals surface area contributed by atoms with Gasteiger partial charge in [0.05, 0.1) is 17.4 Å². The summed E-state index contributed by atoms with van der Waals surface area (Å²) in [5.41, 5.74) is 2.82. The number of hydrogen-bond donors (Lipinski definition) is 3. The first-order valence-electron chi connectivity index (χ1n) is 12.0. The zero-order valence-corrected chi connectivity index (χ0v) is 21.0. The molecule has 5 rings (SSSR count). The van der Waals surface area contributed by atoms with Gasteiger partial charge in [-0.1, -0.05) is 17.7 Å². The van der Waals surface area contributed by atoms with Gasteiger partial charge in [0.25, 0.3) is 0 Å². The van der Waals surface area contributed by atoms with E-state index in [1.165, 1.54) is 0 Å². The summed E-state index contributed by atoms with van der Waals surface area (Å²) in [6.45, 7) is 4.36. The maximum atomic E-state index is 12.8. The fraction of sp³-hybridized carbons (Fsp3) is 0.360. The average Bonchev–Trinajstić information content (AvgIpc) is 3.50. The molecule has 4 aromatic rings. The summed E-state index contributed by atoms with van der Waals surface area (Å²) in [5.74, 6) is 3.28. The molecule has 0 aromatic carbocycles. The van der Waals surface area contributed by atoms with Gasteiger partial charge in [-0.05, 0) is 51.2 Å². The van der Waals surface area contributed by atoms with E-state index in [-0.39, 0.29) is 17.7 Å². The number of anilines is 2. The molecule has 0 bridgehead atoms. The minimum absolute atomic E-state index is 0.00543. The molecule has 1 fully saturated rings. The van der Waals surface area contributed by atoms with Crippen LogP contribution in [0.1, 0.15) is 54.4 Å². The van der Waals surface area contributed by atoms with Crippen molar-refractivity contribution in [1.82, 2.24) is 40.2 Å². The van der Waals surface area contributed by atoms with Crippen LogP contribution in [-0.4, -0.2) is 40.8 Å². The van der Waals surface area contributed by atoms with Crippen LogP contribution in [0.2, 0.25) is 5.02 Å². The number of nitrogens with zero attached hydrogens (tertiary/aromatic N) is 6. The molecule has 11 heteroatoms. The number of pyridine rings is 1. The third-order valence-electron chi connectivity index (χ3n) is 6.36. The molecule has 1 aliphatic rings. The fourth-order valence-corrected chi connectivity index (χ4v) is 4.62. The molecule has 0 unspecified atom stereocenters. The first kappa shape index (κ1) is 23.9. The Bertz CT molecular complexity index is 1340. The Morgan fingerprint density at radius 1 is 1.11 bits per heavy atom. The van der Waals surface area contributed by atoms with Crippen LogP contribution >= 0.6 is 11.6 Å². The molecular weight excluding hydrogens is 478 g/mol. The fourth-order valence-electron chi connectivity index (χ4n) is 4.48. The lowest BCUT2D eigenvalue weighted by Crippen LogP contribution is -2.32. The minimum Gasteiger partial charge on any atom is -0.352 e. The van der Waals surface area contributed by atoms with Crippen molar-refractivity contribution in [2.75, 3.05) is 5.32 Å². The van der Waals surface area contributed by atoms with E-state index in [0.29, 0.717) is 17.4 Å². The van der Waals surface area contributed by atoms with Crippen LogP contribution < -0.4 is 10.6 Å². The number of nitrogens with one attached hydrogen (secondary N) is 3. The molecule has 10 nitrogen and oxygen atoms in total. The number of carbonyl (C=O) groups excluding carboxylic acids is 1. The number of amides is 1. The number of carbonyl (C=O) groups is 1. The van der Waals surface area contributed by atoms with Crippen LogP contribution in [0.25, 0.3) is 5.82 Å². The zero-order valence-electron chi connectivity index (χ0n) is 20.2. The second kappa shape index (κ2) is 10.4. The van der Waals surface area contributed by atoms with E-state index < -0.39 is 0 Å². The average molecular weight is 506 g/mol. The lowest BCUT2D eigenvalue weighted by atomic mass is 9.81. The van der Waals surface area contributed by atoms with Crippen LogP contribution in [0, 0.1) is 19.8 Å². The van der Waals surface area contributed by atoms with Gasteiger partial charge in [0, 0.05) is 48.1 Å². The Morgan fingerprint density at radius 3 is 2.61 bits per heavy atom. The molecule has 0 atom stereocenters. The molecule has 0 radical (unpaired) electrons. The highest BCUT2D eigenvalue weighted by atomic mass is 35.5. The van der Waals surface area contributed by atoms with Gasteiger partial charge >= 0.3 is 0 Å². The molecule has 3 N–H and O–H groups in total. The number of aryl methyl sites for hydroxylation is 2. The second-order valence-electron chi connectivity index (χ2n) is 9.21. The van der Waals surface area contributed by atoms with E-state index in [9.17, 15) is 4.79 Å². The molecule has 1 aliphatic carbocycles. The molecular formula is C25H28ClN9O. The van der Waals surface area contributed by atoms with Crippen LogP contribution in [-0.2, 0) is 11.3 Å². The van der Waals surface area contributed by atoms with Gasteiger partial charge < -0.3 is 10.6 Å². The number of aromatic amines is 1. The standard InChI is InChI=1S/C25H28ClN9O/c1-15-9-21(31-22-10-16(2)33-34-22)32-24(30-15)18-4-6-19(7-5-18)25(36)28-12-17-3-8-23(27-11-17)35-14-20(26)13-29-35/h3,8-11,13-14,18-19H,4-7,12H2,1-2H3,(H,28,36)(H2,30,31,32,33,34)/t18-,19-. The Labute approximate surface area is 213 Å². The third kappa shape index (κ3) is 5.71. The van der Waals surface area contributed by atoms with Crippen molar-refractivity contribution in [3.05, 3.63) is 70.7 Å². The smallest absolute Gasteiger partial charge is 0.223 e. The monoisotopic (exact) mass is 505 g/mol. The Morgan fingerprint density at radius 2 is 1.94 bits per heavy atom. The lowest BCUT2D eigenvalue weighted by Gasteiger charge is -2.27. The first-order chi connectivity index (χ1) is 17.4. The lowest BCUT2D eigenvalue weighted by molar-refractivity contribution is -0.126. The second-order valence-corrected chi connectivity index (χ2v) is 9.64. The summed E-state index contributed by atoms with van der Waals surface area (Å²) in [4.78, 5) is 26.6. The molecule has 4 heterocycles. The van der Waals surface area contributed by atoms with Crippen LogP contribution in [0.4, 0.5) is 11.6 Å². The predicted molar refractivity (Wildman–Crippen MR) is 136 cm³/mol. The van der Waals surface area contributed by atoms with Gasteiger partial charge in [-0.15, -0.1) is 0 Å². The number of rotatable bonds is 7. The van der Waals surface area contributed by atoms with Crippen LogP contribution in [0.5, 0.6) is 0 Å². The molecule has 36 heavy (non-hydrogen) atoms. The molecule has 1 amide bonds. The quantitative estimate of drug-likeness (QED) is 0.340. The summed E-state index contributed by atoms with van der Waals surface area (Å²) in [6, 6.07) is 7.63.